The number of aromatic nitrogens is 4. The minimum Gasteiger partial charge on any atom is -0.352 e. The average molecular weight is 367 g/mol. The minimum atomic E-state index is -5.53. The SMILES string of the molecule is [2H]c1ccc(Cl)nc1-c1nc(NC([2H])(C)C)nc(N[C@]([2H])(C([2H])([2H])[2H])C(F)(F)F)n1. The third-order valence-electron chi connectivity index (χ3n) is 2.39. The normalized spacial score (nSPS) is 18.9. The van der Waals surface area contributed by atoms with E-state index in [2.05, 4.69) is 25.3 Å². The summed E-state index contributed by atoms with van der Waals surface area (Å²) < 4.78 is 85.0. The van der Waals surface area contributed by atoms with Gasteiger partial charge >= 0.3 is 6.18 Å². The minimum absolute atomic E-state index is 0.0566. The number of halogens is 4. The molecule has 0 fully saturated rings. The van der Waals surface area contributed by atoms with E-state index in [-0.39, 0.29) is 16.9 Å². The Morgan fingerprint density at radius 3 is 2.46 bits per heavy atom. The van der Waals surface area contributed by atoms with Crippen molar-refractivity contribution in [3.05, 3.63) is 23.3 Å². The molecule has 0 radical (unpaired) electrons. The van der Waals surface area contributed by atoms with Crippen molar-refractivity contribution in [1.82, 2.24) is 19.9 Å². The molecule has 1 atom stereocenters. The number of pyridine rings is 1. The van der Waals surface area contributed by atoms with Gasteiger partial charge in [-0.1, -0.05) is 17.7 Å². The maximum Gasteiger partial charge on any atom is 0.408 e. The van der Waals surface area contributed by atoms with Crippen LogP contribution in [0.1, 0.15) is 28.9 Å². The molecular formula is C14H16ClF3N6. The largest absolute Gasteiger partial charge is 0.408 e. The zero-order valence-corrected chi connectivity index (χ0v) is 13.2. The Morgan fingerprint density at radius 2 is 1.88 bits per heavy atom. The third-order valence-corrected chi connectivity index (χ3v) is 2.60. The van der Waals surface area contributed by atoms with Crippen molar-refractivity contribution in [1.29, 1.82) is 0 Å². The van der Waals surface area contributed by atoms with E-state index in [1.54, 1.807) is 0 Å². The van der Waals surface area contributed by atoms with Crippen LogP contribution < -0.4 is 10.6 Å². The van der Waals surface area contributed by atoms with Gasteiger partial charge in [-0.25, -0.2) is 4.98 Å². The number of nitrogens with zero attached hydrogens (tertiary/aromatic N) is 4. The summed E-state index contributed by atoms with van der Waals surface area (Å²) in [6, 6.07) is -3.20. The molecule has 0 aliphatic carbocycles. The molecule has 2 N–H and O–H groups in total. The Labute approximate surface area is 150 Å². The fraction of sp³-hybridized carbons (Fsp3) is 0.429. The van der Waals surface area contributed by atoms with Crippen molar-refractivity contribution in [2.24, 2.45) is 0 Å². The second kappa shape index (κ2) is 7.16. The topological polar surface area (TPSA) is 75.6 Å². The fourth-order valence-electron chi connectivity index (χ4n) is 1.48. The second-order valence-electron chi connectivity index (χ2n) is 4.69. The maximum absolute atomic E-state index is 13.4. The van der Waals surface area contributed by atoms with E-state index in [0.717, 1.165) is 0 Å². The molecule has 2 aromatic heterocycles. The quantitative estimate of drug-likeness (QED) is 0.784. The summed E-state index contributed by atoms with van der Waals surface area (Å²) in [5.74, 6) is -1.74. The Bertz CT molecular complexity index is 920. The summed E-state index contributed by atoms with van der Waals surface area (Å²) in [4.78, 5) is 15.1. The Balaban J connectivity index is 2.67. The van der Waals surface area contributed by atoms with E-state index in [4.69, 9.17) is 19.8 Å². The van der Waals surface area contributed by atoms with Crippen LogP contribution in [0.15, 0.2) is 18.2 Å². The molecule has 2 aromatic rings. The van der Waals surface area contributed by atoms with E-state index >= 15 is 0 Å². The highest BCUT2D eigenvalue weighted by Crippen LogP contribution is 2.24. The van der Waals surface area contributed by atoms with Gasteiger partial charge in [-0.15, -0.1) is 0 Å². The van der Waals surface area contributed by atoms with Crippen LogP contribution >= 0.6 is 11.6 Å². The first-order valence-corrected chi connectivity index (χ1v) is 6.83. The van der Waals surface area contributed by atoms with Gasteiger partial charge in [-0.2, -0.15) is 28.1 Å². The van der Waals surface area contributed by atoms with Gasteiger partial charge < -0.3 is 10.6 Å². The molecule has 130 valence electrons. The monoisotopic (exact) mass is 366 g/mol. The van der Waals surface area contributed by atoms with Crippen LogP contribution in [-0.4, -0.2) is 38.1 Å². The van der Waals surface area contributed by atoms with Gasteiger partial charge in [0.1, 0.15) is 16.9 Å². The first kappa shape index (κ1) is 11.4. The molecule has 6 nitrogen and oxygen atoms in total. The Morgan fingerprint density at radius 1 is 1.21 bits per heavy atom. The number of hydrogen-bond acceptors (Lipinski definition) is 6. The second-order valence-corrected chi connectivity index (χ2v) is 5.08. The summed E-state index contributed by atoms with van der Waals surface area (Å²) >= 11 is 5.80. The molecule has 0 unspecified atom stereocenters. The summed E-state index contributed by atoms with van der Waals surface area (Å²) in [5.41, 5.74) is -0.227. The summed E-state index contributed by atoms with van der Waals surface area (Å²) in [6.45, 7) is -1.05. The van der Waals surface area contributed by atoms with Crippen LogP contribution in [0.3, 0.4) is 0 Å². The van der Waals surface area contributed by atoms with Crippen LogP contribution in [0.4, 0.5) is 25.1 Å². The van der Waals surface area contributed by atoms with Crippen molar-refractivity contribution in [2.45, 2.75) is 38.9 Å². The van der Waals surface area contributed by atoms with E-state index in [0.29, 0.717) is 0 Å². The van der Waals surface area contributed by atoms with Gasteiger partial charge in [-0.3, -0.25) is 0 Å². The van der Waals surface area contributed by atoms with E-state index in [1.807, 2.05) is 0 Å². The lowest BCUT2D eigenvalue weighted by Gasteiger charge is -2.18. The first-order valence-electron chi connectivity index (χ1n) is 9.46. The number of rotatable bonds is 5. The van der Waals surface area contributed by atoms with Gasteiger partial charge in [0.15, 0.2) is 5.82 Å². The zero-order valence-electron chi connectivity index (χ0n) is 18.5. The highest BCUT2D eigenvalue weighted by molar-refractivity contribution is 6.29. The van der Waals surface area contributed by atoms with E-state index in [1.165, 1.54) is 31.3 Å². The van der Waals surface area contributed by atoms with Crippen molar-refractivity contribution >= 4 is 23.5 Å². The van der Waals surface area contributed by atoms with Gasteiger partial charge in [-0.05, 0) is 32.8 Å². The molecule has 0 saturated carbocycles. The molecule has 0 spiro atoms. The molecule has 0 aliphatic rings. The van der Waals surface area contributed by atoms with Crippen LogP contribution in [0.2, 0.25) is 5.15 Å². The van der Waals surface area contributed by atoms with Gasteiger partial charge in [0, 0.05) is 10.1 Å². The van der Waals surface area contributed by atoms with Gasteiger partial charge in [0.25, 0.3) is 0 Å². The predicted molar refractivity (Wildman–Crippen MR) is 86.0 cm³/mol. The van der Waals surface area contributed by atoms with Crippen molar-refractivity contribution in [2.75, 3.05) is 10.6 Å². The van der Waals surface area contributed by atoms with Crippen LogP contribution in [0, 0.1) is 0 Å². The summed E-state index contributed by atoms with van der Waals surface area (Å²) in [5, 5.41) is 3.93. The lowest BCUT2D eigenvalue weighted by molar-refractivity contribution is -0.138. The highest BCUT2D eigenvalue weighted by atomic mass is 35.5. The molecule has 2 heterocycles. The molecule has 0 amide bonds. The number of alkyl halides is 3. The van der Waals surface area contributed by atoms with Crippen LogP contribution in [0.5, 0.6) is 0 Å². The third kappa shape index (κ3) is 4.92. The fourth-order valence-corrected chi connectivity index (χ4v) is 1.63. The van der Waals surface area contributed by atoms with Crippen LogP contribution in [-0.2, 0) is 0 Å². The molecular weight excluding hydrogens is 345 g/mol. The predicted octanol–water partition coefficient (Wildman–Crippen LogP) is 3.77. The lowest BCUT2D eigenvalue weighted by Crippen LogP contribution is -2.34. The standard InChI is InChI=1S/C14H16ClF3N6/c1-7(2)19-12-22-11(9-5-4-6-10(15)21-9)23-13(24-12)20-8(3)14(16,17)18/h4-8H,1-3H3,(H2,19,20,22,23,24)/t8-/m1/s1/i3D3,5D,7D,8D. The first-order chi connectivity index (χ1) is 13.4. The van der Waals surface area contributed by atoms with Crippen molar-refractivity contribution in [3.63, 3.8) is 0 Å². The molecule has 2 rings (SSSR count). The molecule has 0 bridgehead atoms. The molecule has 24 heavy (non-hydrogen) atoms. The van der Waals surface area contributed by atoms with Crippen LogP contribution in [0.25, 0.3) is 11.5 Å². The Kier molecular flexibility index (Phi) is 3.40. The number of hydrogen-bond donors (Lipinski definition) is 2. The van der Waals surface area contributed by atoms with Gasteiger partial charge in [0.05, 0.1) is 4.11 Å². The number of nitrogens with one attached hydrogen (secondary N) is 2. The van der Waals surface area contributed by atoms with Crippen molar-refractivity contribution in [3.8, 4) is 11.5 Å². The summed E-state index contributed by atoms with van der Waals surface area (Å²) in [7, 11) is 0. The zero-order chi connectivity index (χ0) is 23.1. The average Bonchev–Trinajstić information content (AvgIpc) is 2.53. The molecule has 0 aromatic carbocycles. The lowest BCUT2D eigenvalue weighted by atomic mass is 10.3. The molecule has 0 saturated heterocycles. The maximum atomic E-state index is 13.4. The number of anilines is 2. The smallest absolute Gasteiger partial charge is 0.352 e. The Hall–Kier alpha value is -2.16. The summed E-state index contributed by atoms with van der Waals surface area (Å²) in [6.07, 6.45) is -5.53. The molecule has 0 aliphatic heterocycles. The van der Waals surface area contributed by atoms with E-state index < -0.39 is 42.8 Å². The van der Waals surface area contributed by atoms with Gasteiger partial charge in [0.2, 0.25) is 11.9 Å². The van der Waals surface area contributed by atoms with E-state index in [9.17, 15) is 13.2 Å². The van der Waals surface area contributed by atoms with Crippen molar-refractivity contribution < 1.29 is 21.4 Å². The highest BCUT2D eigenvalue weighted by Gasteiger charge is 2.36. The molecule has 10 heteroatoms.